The summed E-state index contributed by atoms with van der Waals surface area (Å²) in [6, 6.07) is 12.3. The number of nitrogens with zero attached hydrogens (tertiary/aromatic N) is 1. The van der Waals surface area contributed by atoms with Gasteiger partial charge in [0.15, 0.2) is 0 Å². The third-order valence-corrected chi connectivity index (χ3v) is 6.40. The molecule has 5 rings (SSSR count). The second-order valence-corrected chi connectivity index (χ2v) is 8.29. The number of fused-ring (bicyclic) bond motifs is 2. The number of hydrogen-bond acceptors (Lipinski definition) is 4. The van der Waals surface area contributed by atoms with Crippen molar-refractivity contribution in [3.8, 4) is 5.75 Å². The SMILES string of the molecule is OC1CC2(CCN(CC(O)c3c[nH]c4ccc(F)cc34)CC2)Oc2ccccc21. The van der Waals surface area contributed by atoms with Crippen molar-refractivity contribution in [2.75, 3.05) is 19.6 Å². The summed E-state index contributed by atoms with van der Waals surface area (Å²) in [7, 11) is 0. The Hall–Kier alpha value is -2.41. The third kappa shape index (κ3) is 3.41. The van der Waals surface area contributed by atoms with E-state index in [1.54, 1.807) is 12.3 Å². The predicted molar refractivity (Wildman–Crippen MR) is 108 cm³/mol. The molecule has 152 valence electrons. The van der Waals surface area contributed by atoms with Gasteiger partial charge in [-0.15, -0.1) is 0 Å². The standard InChI is InChI=1S/C23H25FN2O3/c24-15-5-6-19-17(11-15)18(13-25-19)21(28)14-26-9-7-23(8-10-26)12-20(27)16-3-1-2-4-22(16)29-23/h1-6,11,13,20-21,25,27-28H,7-10,12,14H2. The Morgan fingerprint density at radius 1 is 1.21 bits per heavy atom. The molecule has 1 aromatic heterocycles. The summed E-state index contributed by atoms with van der Waals surface area (Å²) >= 11 is 0. The summed E-state index contributed by atoms with van der Waals surface area (Å²) in [6.07, 6.45) is 2.76. The van der Waals surface area contributed by atoms with Crippen LogP contribution in [-0.2, 0) is 0 Å². The highest BCUT2D eigenvalue weighted by molar-refractivity contribution is 5.83. The lowest BCUT2D eigenvalue weighted by Gasteiger charge is -2.46. The molecule has 3 heterocycles. The minimum atomic E-state index is -0.696. The summed E-state index contributed by atoms with van der Waals surface area (Å²) < 4.78 is 19.9. The molecule has 1 saturated heterocycles. The van der Waals surface area contributed by atoms with Crippen molar-refractivity contribution in [1.82, 2.24) is 9.88 Å². The maximum Gasteiger partial charge on any atom is 0.125 e. The Kier molecular flexibility index (Phi) is 4.57. The van der Waals surface area contributed by atoms with Crippen molar-refractivity contribution in [3.05, 3.63) is 65.6 Å². The molecule has 2 aliphatic rings. The molecular weight excluding hydrogens is 371 g/mol. The van der Waals surface area contributed by atoms with E-state index in [0.29, 0.717) is 13.0 Å². The number of aromatic nitrogens is 1. The number of para-hydroxylation sites is 1. The lowest BCUT2D eigenvalue weighted by atomic mass is 9.81. The lowest BCUT2D eigenvalue weighted by molar-refractivity contribution is -0.0587. The number of rotatable bonds is 3. The number of nitrogens with one attached hydrogen (secondary N) is 1. The van der Waals surface area contributed by atoms with Crippen LogP contribution in [0, 0.1) is 5.82 Å². The molecule has 3 N–H and O–H groups in total. The number of likely N-dealkylation sites (tertiary alicyclic amines) is 1. The summed E-state index contributed by atoms with van der Waals surface area (Å²) in [5.74, 6) is 0.472. The Labute approximate surface area is 168 Å². The van der Waals surface area contributed by atoms with Crippen molar-refractivity contribution in [2.45, 2.75) is 37.1 Å². The van der Waals surface area contributed by atoms with Gasteiger partial charge in [-0.1, -0.05) is 18.2 Å². The first-order valence-corrected chi connectivity index (χ1v) is 10.2. The second-order valence-electron chi connectivity index (χ2n) is 8.29. The molecule has 2 aliphatic heterocycles. The molecule has 29 heavy (non-hydrogen) atoms. The number of β-amino-alcohol motifs (C(OH)–C–C–N with tert-alkyl or cyclic N) is 1. The fraction of sp³-hybridized carbons (Fsp3) is 0.391. The molecule has 0 aliphatic carbocycles. The van der Waals surface area contributed by atoms with Gasteiger partial charge in [0.1, 0.15) is 17.2 Å². The van der Waals surface area contributed by atoms with Crippen LogP contribution in [0.25, 0.3) is 10.9 Å². The largest absolute Gasteiger partial charge is 0.487 e. The number of hydrogen-bond donors (Lipinski definition) is 3. The van der Waals surface area contributed by atoms with E-state index < -0.39 is 12.2 Å². The minimum Gasteiger partial charge on any atom is -0.487 e. The van der Waals surface area contributed by atoms with Gasteiger partial charge in [0.2, 0.25) is 0 Å². The van der Waals surface area contributed by atoms with Crippen LogP contribution in [-0.4, -0.2) is 45.3 Å². The van der Waals surface area contributed by atoms with Gasteiger partial charge in [0, 0.05) is 54.3 Å². The van der Waals surface area contributed by atoms with Crippen LogP contribution in [0.2, 0.25) is 0 Å². The smallest absolute Gasteiger partial charge is 0.125 e. The van der Waals surface area contributed by atoms with Gasteiger partial charge in [-0.25, -0.2) is 4.39 Å². The summed E-state index contributed by atoms with van der Waals surface area (Å²) in [5, 5.41) is 22.1. The van der Waals surface area contributed by atoms with E-state index in [0.717, 1.165) is 53.7 Å². The van der Waals surface area contributed by atoms with Gasteiger partial charge in [0.25, 0.3) is 0 Å². The van der Waals surface area contributed by atoms with Gasteiger partial charge in [-0.3, -0.25) is 0 Å². The first kappa shape index (κ1) is 18.6. The van der Waals surface area contributed by atoms with Crippen molar-refractivity contribution in [1.29, 1.82) is 0 Å². The molecule has 0 bridgehead atoms. The second kappa shape index (κ2) is 7.13. The third-order valence-electron chi connectivity index (χ3n) is 6.40. The number of ether oxygens (including phenoxy) is 1. The van der Waals surface area contributed by atoms with Crippen molar-refractivity contribution < 1.29 is 19.3 Å². The van der Waals surface area contributed by atoms with Crippen LogP contribution in [0.5, 0.6) is 5.75 Å². The summed E-state index contributed by atoms with van der Waals surface area (Å²) in [4.78, 5) is 5.31. The van der Waals surface area contributed by atoms with Crippen LogP contribution in [0.3, 0.4) is 0 Å². The summed E-state index contributed by atoms with van der Waals surface area (Å²) in [6.45, 7) is 2.05. The number of halogens is 1. The van der Waals surface area contributed by atoms with Crippen molar-refractivity contribution in [3.63, 3.8) is 0 Å². The maximum absolute atomic E-state index is 13.6. The average Bonchev–Trinajstić information content (AvgIpc) is 3.13. The van der Waals surface area contributed by atoms with E-state index in [9.17, 15) is 14.6 Å². The molecule has 2 aromatic carbocycles. The molecule has 0 saturated carbocycles. The fourth-order valence-electron chi connectivity index (χ4n) is 4.77. The highest BCUT2D eigenvalue weighted by Gasteiger charge is 2.43. The van der Waals surface area contributed by atoms with Crippen LogP contribution in [0.4, 0.5) is 4.39 Å². The first-order valence-electron chi connectivity index (χ1n) is 10.2. The van der Waals surface area contributed by atoms with Crippen LogP contribution in [0.15, 0.2) is 48.7 Å². The van der Waals surface area contributed by atoms with Crippen LogP contribution in [0.1, 0.15) is 42.6 Å². The van der Waals surface area contributed by atoms with Gasteiger partial charge >= 0.3 is 0 Å². The van der Waals surface area contributed by atoms with Gasteiger partial charge in [-0.2, -0.15) is 0 Å². The Morgan fingerprint density at radius 3 is 2.83 bits per heavy atom. The zero-order chi connectivity index (χ0) is 20.0. The highest BCUT2D eigenvalue weighted by atomic mass is 19.1. The Balaban J connectivity index is 1.26. The number of H-pyrrole nitrogens is 1. The summed E-state index contributed by atoms with van der Waals surface area (Å²) in [5.41, 5.74) is 2.06. The van der Waals surface area contributed by atoms with E-state index in [2.05, 4.69) is 9.88 Å². The van der Waals surface area contributed by atoms with E-state index in [-0.39, 0.29) is 11.4 Å². The first-order chi connectivity index (χ1) is 14.0. The molecular formula is C23H25FN2O3. The van der Waals surface area contributed by atoms with Crippen molar-refractivity contribution >= 4 is 10.9 Å². The zero-order valence-electron chi connectivity index (χ0n) is 16.1. The maximum atomic E-state index is 13.6. The zero-order valence-corrected chi connectivity index (χ0v) is 16.1. The van der Waals surface area contributed by atoms with E-state index in [4.69, 9.17) is 4.74 Å². The number of aliphatic hydroxyl groups is 2. The number of benzene rings is 2. The molecule has 1 spiro atoms. The highest BCUT2D eigenvalue weighted by Crippen LogP contribution is 2.44. The molecule has 0 amide bonds. The van der Waals surface area contributed by atoms with Crippen LogP contribution >= 0.6 is 0 Å². The monoisotopic (exact) mass is 396 g/mol. The van der Waals surface area contributed by atoms with E-state index in [1.165, 1.54) is 12.1 Å². The molecule has 5 nitrogen and oxygen atoms in total. The molecule has 6 heteroatoms. The minimum absolute atomic E-state index is 0.307. The molecule has 1 fully saturated rings. The number of aromatic amines is 1. The van der Waals surface area contributed by atoms with E-state index in [1.807, 2.05) is 24.3 Å². The molecule has 3 aromatic rings. The van der Waals surface area contributed by atoms with Gasteiger partial charge < -0.3 is 24.8 Å². The fourth-order valence-corrected chi connectivity index (χ4v) is 4.77. The Morgan fingerprint density at radius 2 is 2.00 bits per heavy atom. The molecule has 2 atom stereocenters. The molecule has 0 radical (unpaired) electrons. The van der Waals surface area contributed by atoms with Gasteiger partial charge in [-0.05, 0) is 37.1 Å². The average molecular weight is 396 g/mol. The normalized spacial score (nSPS) is 22.4. The van der Waals surface area contributed by atoms with Crippen LogP contribution < -0.4 is 4.74 Å². The topological polar surface area (TPSA) is 68.7 Å². The van der Waals surface area contributed by atoms with Gasteiger partial charge in [0.05, 0.1) is 12.2 Å². The Bertz CT molecular complexity index is 1030. The van der Waals surface area contributed by atoms with Crippen molar-refractivity contribution in [2.24, 2.45) is 0 Å². The lowest BCUT2D eigenvalue weighted by Crippen LogP contribution is -2.51. The predicted octanol–water partition coefficient (Wildman–Crippen LogP) is 3.69. The quantitative estimate of drug-likeness (QED) is 0.632. The van der Waals surface area contributed by atoms with E-state index >= 15 is 0 Å². The molecule has 2 unspecified atom stereocenters. The number of piperidine rings is 1. The number of aliphatic hydroxyl groups excluding tert-OH is 2.